The van der Waals surface area contributed by atoms with Crippen LogP contribution in [0.5, 0.6) is 5.75 Å². The number of ether oxygens (including phenoxy) is 1. The van der Waals surface area contributed by atoms with Crippen molar-refractivity contribution in [3.63, 3.8) is 0 Å². The van der Waals surface area contributed by atoms with Crippen molar-refractivity contribution in [2.24, 2.45) is 0 Å². The van der Waals surface area contributed by atoms with Crippen molar-refractivity contribution in [3.05, 3.63) is 52.3 Å². The van der Waals surface area contributed by atoms with Crippen LogP contribution in [0, 0.1) is 0 Å². The summed E-state index contributed by atoms with van der Waals surface area (Å²) in [5, 5.41) is 3.51. The molecule has 0 fully saturated rings. The van der Waals surface area contributed by atoms with Crippen molar-refractivity contribution in [2.45, 2.75) is 32.9 Å². The molecule has 0 aliphatic carbocycles. The monoisotopic (exact) mass is 350 g/mol. The summed E-state index contributed by atoms with van der Waals surface area (Å²) in [4.78, 5) is 0. The first-order valence-corrected chi connectivity index (χ1v) is 8.14. The number of benzene rings is 1. The molecule has 1 heterocycles. The highest BCUT2D eigenvalue weighted by Crippen LogP contribution is 2.24. The standard InChI is InChI=1S/C17H23BrN2O/c1-4-8-19-13(2)14-7-9-20(11-14)12-15-10-16(21-3)5-6-17(15)18/h5-7,9-11,13,19H,4,8,12H2,1-3H3. The summed E-state index contributed by atoms with van der Waals surface area (Å²) < 4.78 is 8.61. The second kappa shape index (κ2) is 7.66. The van der Waals surface area contributed by atoms with Gasteiger partial charge in [0, 0.05) is 29.5 Å². The summed E-state index contributed by atoms with van der Waals surface area (Å²) in [7, 11) is 1.70. The molecule has 0 bridgehead atoms. The van der Waals surface area contributed by atoms with Crippen molar-refractivity contribution in [3.8, 4) is 5.75 Å². The Morgan fingerprint density at radius 1 is 1.33 bits per heavy atom. The molecule has 1 aromatic carbocycles. The molecule has 0 saturated heterocycles. The van der Waals surface area contributed by atoms with Crippen LogP contribution in [0.25, 0.3) is 0 Å². The Balaban J connectivity index is 2.08. The number of nitrogens with zero attached hydrogens (tertiary/aromatic N) is 1. The minimum absolute atomic E-state index is 0.389. The molecule has 4 heteroatoms. The van der Waals surface area contributed by atoms with Gasteiger partial charge < -0.3 is 14.6 Å². The molecule has 0 spiro atoms. The Labute approximate surface area is 135 Å². The van der Waals surface area contributed by atoms with E-state index >= 15 is 0 Å². The SMILES string of the molecule is CCCNC(C)c1ccn(Cc2cc(OC)ccc2Br)c1. The van der Waals surface area contributed by atoms with Gasteiger partial charge in [0.05, 0.1) is 7.11 Å². The zero-order valence-electron chi connectivity index (χ0n) is 12.9. The average molecular weight is 351 g/mol. The van der Waals surface area contributed by atoms with Crippen LogP contribution < -0.4 is 10.1 Å². The molecule has 0 amide bonds. The fourth-order valence-corrected chi connectivity index (χ4v) is 2.66. The summed E-state index contributed by atoms with van der Waals surface area (Å²) in [5.74, 6) is 0.888. The van der Waals surface area contributed by atoms with Crippen LogP contribution in [0.2, 0.25) is 0 Å². The normalized spacial score (nSPS) is 12.4. The summed E-state index contributed by atoms with van der Waals surface area (Å²) in [6.45, 7) is 6.27. The number of aromatic nitrogens is 1. The van der Waals surface area contributed by atoms with E-state index in [9.17, 15) is 0 Å². The summed E-state index contributed by atoms with van der Waals surface area (Å²) >= 11 is 3.61. The molecular weight excluding hydrogens is 328 g/mol. The van der Waals surface area contributed by atoms with Gasteiger partial charge in [0.25, 0.3) is 0 Å². The van der Waals surface area contributed by atoms with Crippen LogP contribution in [0.4, 0.5) is 0 Å². The van der Waals surface area contributed by atoms with Gasteiger partial charge in [-0.3, -0.25) is 0 Å². The van der Waals surface area contributed by atoms with E-state index in [1.165, 1.54) is 11.1 Å². The molecule has 1 atom stereocenters. The predicted octanol–water partition coefficient (Wildman–Crippen LogP) is 4.37. The topological polar surface area (TPSA) is 26.2 Å². The highest BCUT2D eigenvalue weighted by atomic mass is 79.9. The van der Waals surface area contributed by atoms with E-state index in [1.807, 2.05) is 12.1 Å². The maximum absolute atomic E-state index is 5.30. The zero-order valence-corrected chi connectivity index (χ0v) is 14.5. The van der Waals surface area contributed by atoms with Gasteiger partial charge >= 0.3 is 0 Å². The van der Waals surface area contributed by atoms with Gasteiger partial charge in [0.1, 0.15) is 5.75 Å². The molecule has 1 unspecified atom stereocenters. The first-order valence-electron chi connectivity index (χ1n) is 7.35. The third kappa shape index (κ3) is 4.35. The maximum atomic E-state index is 5.30. The molecule has 2 aromatic rings. The number of methoxy groups -OCH3 is 1. The second-order valence-electron chi connectivity index (χ2n) is 5.25. The lowest BCUT2D eigenvalue weighted by atomic mass is 10.2. The Morgan fingerprint density at radius 2 is 2.14 bits per heavy atom. The van der Waals surface area contributed by atoms with Crippen LogP contribution in [-0.2, 0) is 6.54 Å². The fourth-order valence-electron chi connectivity index (χ4n) is 2.29. The van der Waals surface area contributed by atoms with E-state index in [4.69, 9.17) is 4.74 Å². The molecule has 1 aromatic heterocycles. The van der Waals surface area contributed by atoms with Crippen LogP contribution >= 0.6 is 15.9 Å². The lowest BCUT2D eigenvalue weighted by Gasteiger charge is -2.11. The number of halogens is 1. The molecule has 0 aliphatic rings. The van der Waals surface area contributed by atoms with Gasteiger partial charge in [-0.25, -0.2) is 0 Å². The maximum Gasteiger partial charge on any atom is 0.119 e. The molecule has 1 N–H and O–H groups in total. The van der Waals surface area contributed by atoms with Gasteiger partial charge in [0.2, 0.25) is 0 Å². The highest BCUT2D eigenvalue weighted by molar-refractivity contribution is 9.10. The highest BCUT2D eigenvalue weighted by Gasteiger charge is 2.08. The first kappa shape index (κ1) is 16.1. The molecular formula is C17H23BrN2O. The summed E-state index contributed by atoms with van der Waals surface area (Å²) in [6.07, 6.45) is 5.49. The molecule has 21 heavy (non-hydrogen) atoms. The Morgan fingerprint density at radius 3 is 2.86 bits per heavy atom. The van der Waals surface area contributed by atoms with Gasteiger partial charge in [-0.2, -0.15) is 0 Å². The Kier molecular flexibility index (Phi) is 5.88. The summed E-state index contributed by atoms with van der Waals surface area (Å²) in [5.41, 5.74) is 2.54. The molecule has 114 valence electrons. The van der Waals surface area contributed by atoms with E-state index < -0.39 is 0 Å². The molecule has 0 radical (unpaired) electrons. The molecule has 3 nitrogen and oxygen atoms in total. The number of rotatable bonds is 7. The van der Waals surface area contributed by atoms with Gasteiger partial charge in [0.15, 0.2) is 0 Å². The van der Waals surface area contributed by atoms with E-state index in [1.54, 1.807) is 7.11 Å². The summed E-state index contributed by atoms with van der Waals surface area (Å²) in [6, 6.07) is 8.64. The Hall–Kier alpha value is -1.26. The van der Waals surface area contributed by atoms with Crippen molar-refractivity contribution >= 4 is 15.9 Å². The lowest BCUT2D eigenvalue weighted by molar-refractivity contribution is 0.414. The number of hydrogen-bond donors (Lipinski definition) is 1. The quantitative estimate of drug-likeness (QED) is 0.802. The van der Waals surface area contributed by atoms with E-state index in [0.29, 0.717) is 6.04 Å². The third-order valence-corrected chi connectivity index (χ3v) is 4.35. The minimum Gasteiger partial charge on any atom is -0.497 e. The van der Waals surface area contributed by atoms with Gasteiger partial charge in [-0.1, -0.05) is 22.9 Å². The van der Waals surface area contributed by atoms with Crippen LogP contribution in [-0.4, -0.2) is 18.2 Å². The van der Waals surface area contributed by atoms with E-state index in [0.717, 1.165) is 29.7 Å². The zero-order chi connectivity index (χ0) is 15.2. The van der Waals surface area contributed by atoms with Gasteiger partial charge in [-0.05, 0) is 55.3 Å². The third-order valence-electron chi connectivity index (χ3n) is 3.58. The minimum atomic E-state index is 0.389. The second-order valence-corrected chi connectivity index (χ2v) is 6.10. The van der Waals surface area contributed by atoms with Crippen molar-refractivity contribution in [2.75, 3.05) is 13.7 Å². The largest absolute Gasteiger partial charge is 0.497 e. The lowest BCUT2D eigenvalue weighted by Crippen LogP contribution is -2.18. The number of nitrogens with one attached hydrogen (secondary N) is 1. The smallest absolute Gasteiger partial charge is 0.119 e. The van der Waals surface area contributed by atoms with E-state index in [-0.39, 0.29) is 0 Å². The van der Waals surface area contributed by atoms with Crippen LogP contribution in [0.1, 0.15) is 37.4 Å². The van der Waals surface area contributed by atoms with Crippen molar-refractivity contribution in [1.29, 1.82) is 0 Å². The van der Waals surface area contributed by atoms with E-state index in [2.05, 4.69) is 64.2 Å². The van der Waals surface area contributed by atoms with Crippen molar-refractivity contribution < 1.29 is 4.74 Å². The fraction of sp³-hybridized carbons (Fsp3) is 0.412. The Bertz CT molecular complexity index is 580. The molecule has 0 saturated carbocycles. The average Bonchev–Trinajstić information content (AvgIpc) is 2.95. The molecule has 0 aliphatic heterocycles. The number of hydrogen-bond acceptors (Lipinski definition) is 2. The predicted molar refractivity (Wildman–Crippen MR) is 90.9 cm³/mol. The van der Waals surface area contributed by atoms with Crippen molar-refractivity contribution in [1.82, 2.24) is 9.88 Å². The van der Waals surface area contributed by atoms with Crippen LogP contribution in [0.15, 0.2) is 41.1 Å². The molecule has 2 rings (SSSR count). The van der Waals surface area contributed by atoms with Gasteiger partial charge in [-0.15, -0.1) is 0 Å². The first-order chi connectivity index (χ1) is 10.1. The van der Waals surface area contributed by atoms with Crippen LogP contribution in [0.3, 0.4) is 0 Å².